The summed E-state index contributed by atoms with van der Waals surface area (Å²) in [4.78, 5) is 32.7. The minimum atomic E-state index is -0.856. The lowest BCUT2D eigenvalue weighted by Gasteiger charge is -2.28. The van der Waals surface area contributed by atoms with Gasteiger partial charge in [0.25, 0.3) is 0 Å². The van der Waals surface area contributed by atoms with Crippen molar-refractivity contribution in [2.75, 3.05) is 0 Å². The SMILES string of the molecule is CC(C)(C)c1cc(CC(=O)O)cc(C(C)(C)C)c1O.CC(C)(C)c1cc(CC(=O)O)cc(C(C)(C)C)c1O.CC(C)(C)c1cc(CC(=O)O)cc(C(C)(C)C)c1O.N. The molecule has 3 aromatic rings. The molecular weight excluding hydrogens is 735 g/mol. The summed E-state index contributed by atoms with van der Waals surface area (Å²) in [5.74, 6) is -1.71. The topological polar surface area (TPSA) is 208 Å². The van der Waals surface area contributed by atoms with Crippen LogP contribution in [0.2, 0.25) is 0 Å². The van der Waals surface area contributed by atoms with Crippen LogP contribution in [0.4, 0.5) is 0 Å². The fourth-order valence-electron chi connectivity index (χ4n) is 6.34. The van der Waals surface area contributed by atoms with E-state index in [0.717, 1.165) is 50.1 Å². The highest BCUT2D eigenvalue weighted by Crippen LogP contribution is 2.42. The van der Waals surface area contributed by atoms with E-state index >= 15 is 0 Å². The zero-order valence-corrected chi connectivity index (χ0v) is 38.7. The molecule has 0 fully saturated rings. The molecule has 0 bridgehead atoms. The van der Waals surface area contributed by atoms with Crippen molar-refractivity contribution in [1.29, 1.82) is 0 Å². The molecule has 0 spiro atoms. The van der Waals surface area contributed by atoms with Crippen LogP contribution in [-0.2, 0) is 66.1 Å². The first-order valence-electron chi connectivity index (χ1n) is 19.5. The molecule has 0 saturated carbocycles. The monoisotopic (exact) mass is 810 g/mol. The molecule has 9 N–H and O–H groups in total. The second kappa shape index (κ2) is 19.0. The maximum Gasteiger partial charge on any atom is 0.307 e. The Morgan fingerprint density at radius 2 is 0.466 bits per heavy atom. The van der Waals surface area contributed by atoms with E-state index in [4.69, 9.17) is 15.3 Å². The molecule has 0 heterocycles. The Morgan fingerprint density at radius 1 is 0.345 bits per heavy atom. The van der Waals surface area contributed by atoms with Gasteiger partial charge in [-0.15, -0.1) is 0 Å². The van der Waals surface area contributed by atoms with Gasteiger partial charge in [0.1, 0.15) is 17.2 Å². The molecule has 0 saturated heterocycles. The van der Waals surface area contributed by atoms with Crippen LogP contribution in [0, 0.1) is 0 Å². The summed E-state index contributed by atoms with van der Waals surface area (Å²) in [6.45, 7) is 36.2. The fraction of sp³-hybridized carbons (Fsp3) is 0.562. The van der Waals surface area contributed by atoms with Gasteiger partial charge in [-0.1, -0.05) is 161 Å². The third-order valence-electron chi connectivity index (χ3n) is 9.42. The van der Waals surface area contributed by atoms with Crippen LogP contribution in [0.25, 0.3) is 0 Å². The Kier molecular flexibility index (Phi) is 17.5. The quantitative estimate of drug-likeness (QED) is 0.125. The van der Waals surface area contributed by atoms with Gasteiger partial charge < -0.3 is 36.8 Å². The standard InChI is InChI=1S/3C16H24O3.H3N/c3*1-15(2,3)11-7-10(9-13(17)18)8-12(14(11)19)16(4,5)6;/h3*7-8,19H,9H2,1-6H3,(H,17,18);1H3. The maximum absolute atomic E-state index is 10.9. The molecular formula is C48H75NO9. The molecule has 3 aromatic carbocycles. The Bertz CT molecular complexity index is 1590. The first-order chi connectivity index (χ1) is 25.3. The Morgan fingerprint density at radius 3 is 0.552 bits per heavy atom. The molecule has 58 heavy (non-hydrogen) atoms. The summed E-state index contributed by atoms with van der Waals surface area (Å²) in [6, 6.07) is 10.8. The van der Waals surface area contributed by atoms with E-state index in [2.05, 4.69) is 0 Å². The zero-order chi connectivity index (χ0) is 45.0. The second-order valence-electron chi connectivity index (χ2n) is 21.3. The van der Waals surface area contributed by atoms with Crippen molar-refractivity contribution in [3.63, 3.8) is 0 Å². The summed E-state index contributed by atoms with van der Waals surface area (Å²) in [5, 5.41) is 58.3. The maximum atomic E-state index is 10.9. The van der Waals surface area contributed by atoms with E-state index in [9.17, 15) is 29.7 Å². The van der Waals surface area contributed by atoms with Crippen molar-refractivity contribution < 1.29 is 45.0 Å². The molecule has 0 amide bonds. The van der Waals surface area contributed by atoms with Gasteiger partial charge in [-0.2, -0.15) is 0 Å². The number of carboxylic acid groups (broad SMARTS) is 3. The van der Waals surface area contributed by atoms with E-state index in [1.807, 2.05) is 125 Å². The summed E-state index contributed by atoms with van der Waals surface area (Å²) < 4.78 is 0. The van der Waals surface area contributed by atoms with Crippen molar-refractivity contribution >= 4 is 17.9 Å². The van der Waals surface area contributed by atoms with Crippen LogP contribution >= 0.6 is 0 Å². The van der Waals surface area contributed by atoms with E-state index in [1.54, 1.807) is 36.4 Å². The normalized spacial score (nSPS) is 12.3. The number of rotatable bonds is 6. The van der Waals surface area contributed by atoms with Crippen molar-refractivity contribution in [2.24, 2.45) is 0 Å². The molecule has 0 atom stereocenters. The van der Waals surface area contributed by atoms with E-state index in [-0.39, 0.29) is 75.2 Å². The number of carbonyl (C=O) groups is 3. The number of hydrogen-bond donors (Lipinski definition) is 7. The first-order valence-corrected chi connectivity index (χ1v) is 19.5. The summed E-state index contributed by atoms with van der Waals surface area (Å²) in [7, 11) is 0. The number of benzene rings is 3. The van der Waals surface area contributed by atoms with Crippen molar-refractivity contribution in [1.82, 2.24) is 6.15 Å². The van der Waals surface area contributed by atoms with E-state index in [1.165, 1.54) is 0 Å². The fourth-order valence-corrected chi connectivity index (χ4v) is 6.34. The lowest BCUT2D eigenvalue weighted by molar-refractivity contribution is -0.137. The molecule has 326 valence electrons. The lowest BCUT2D eigenvalue weighted by Crippen LogP contribution is -2.18. The zero-order valence-electron chi connectivity index (χ0n) is 38.7. The molecule has 0 unspecified atom stereocenters. The number of aliphatic carboxylic acids is 3. The average molecular weight is 810 g/mol. The van der Waals surface area contributed by atoms with Crippen molar-refractivity contribution in [3.05, 3.63) is 86.5 Å². The number of carboxylic acids is 3. The number of aromatic hydroxyl groups is 3. The molecule has 0 radical (unpaired) electrons. The third-order valence-corrected chi connectivity index (χ3v) is 9.42. The van der Waals surface area contributed by atoms with Crippen LogP contribution < -0.4 is 6.15 Å². The number of hydrogen-bond acceptors (Lipinski definition) is 7. The molecule has 0 aliphatic rings. The van der Waals surface area contributed by atoms with Crippen LogP contribution in [0.3, 0.4) is 0 Å². The van der Waals surface area contributed by atoms with Gasteiger partial charge in [-0.05, 0) is 82.6 Å². The van der Waals surface area contributed by atoms with Gasteiger partial charge >= 0.3 is 17.9 Å². The highest BCUT2D eigenvalue weighted by Gasteiger charge is 2.29. The van der Waals surface area contributed by atoms with Gasteiger partial charge in [0.15, 0.2) is 0 Å². The van der Waals surface area contributed by atoms with E-state index < -0.39 is 17.9 Å². The Hall–Kier alpha value is -4.57. The van der Waals surface area contributed by atoms with Crippen LogP contribution in [0.15, 0.2) is 36.4 Å². The van der Waals surface area contributed by atoms with Crippen LogP contribution in [0.5, 0.6) is 17.2 Å². The summed E-state index contributed by atoms with van der Waals surface area (Å²) >= 11 is 0. The van der Waals surface area contributed by atoms with Crippen LogP contribution in [0.1, 0.15) is 175 Å². The van der Waals surface area contributed by atoms with Gasteiger partial charge in [-0.25, -0.2) is 0 Å². The summed E-state index contributed by atoms with van der Waals surface area (Å²) in [6.07, 6.45) is -0.0642. The highest BCUT2D eigenvalue weighted by molar-refractivity contribution is 5.72. The van der Waals surface area contributed by atoms with Gasteiger partial charge in [-0.3, -0.25) is 14.4 Å². The smallest absolute Gasteiger partial charge is 0.307 e. The predicted octanol–water partition coefficient (Wildman–Crippen LogP) is 11.0. The molecule has 10 heteroatoms. The highest BCUT2D eigenvalue weighted by atomic mass is 16.4. The molecule has 0 aromatic heterocycles. The second-order valence-corrected chi connectivity index (χ2v) is 21.3. The third kappa shape index (κ3) is 15.6. The van der Waals surface area contributed by atoms with E-state index in [0.29, 0.717) is 0 Å². The molecule has 10 nitrogen and oxygen atoms in total. The van der Waals surface area contributed by atoms with Gasteiger partial charge in [0.2, 0.25) is 0 Å². The lowest BCUT2D eigenvalue weighted by atomic mass is 9.78. The number of phenols is 3. The largest absolute Gasteiger partial charge is 0.507 e. The minimum absolute atomic E-state index is 0. The Labute approximate surface area is 348 Å². The molecule has 3 rings (SSSR count). The predicted molar refractivity (Wildman–Crippen MR) is 236 cm³/mol. The van der Waals surface area contributed by atoms with Crippen molar-refractivity contribution in [3.8, 4) is 17.2 Å². The first kappa shape index (κ1) is 53.4. The Balaban J connectivity index is 0.000000833. The van der Waals surface area contributed by atoms with Gasteiger partial charge in [0, 0.05) is 0 Å². The minimum Gasteiger partial charge on any atom is -0.507 e. The van der Waals surface area contributed by atoms with Crippen LogP contribution in [-0.4, -0.2) is 48.5 Å². The van der Waals surface area contributed by atoms with Crippen molar-refractivity contribution in [2.45, 2.75) is 176 Å². The number of phenolic OH excluding ortho intramolecular Hbond substituents is 3. The molecule has 0 aliphatic carbocycles. The molecule has 0 aliphatic heterocycles. The average Bonchev–Trinajstić information content (AvgIpc) is 2.96. The summed E-state index contributed by atoms with van der Waals surface area (Å²) in [5.41, 5.74) is 5.68. The van der Waals surface area contributed by atoms with Gasteiger partial charge in [0.05, 0.1) is 19.3 Å².